The zero-order valence-electron chi connectivity index (χ0n) is 9.31. The third-order valence-corrected chi connectivity index (χ3v) is 5.27. The summed E-state index contributed by atoms with van der Waals surface area (Å²) in [6, 6.07) is 7.17. The Bertz CT molecular complexity index is 768. The number of benzene rings is 1. The Hall–Kier alpha value is -0.950. The van der Waals surface area contributed by atoms with Crippen LogP contribution in [0.15, 0.2) is 33.6 Å². The number of halogens is 2. The van der Waals surface area contributed by atoms with E-state index in [-0.39, 0.29) is 5.91 Å². The number of hydrogen-bond donors (Lipinski definition) is 1. The molecule has 0 saturated carbocycles. The summed E-state index contributed by atoms with van der Waals surface area (Å²) in [5, 5.41) is 3.48. The van der Waals surface area contributed by atoms with Crippen LogP contribution in [0.2, 0.25) is 5.02 Å². The molecule has 2 aromatic heterocycles. The van der Waals surface area contributed by atoms with Crippen molar-refractivity contribution >= 4 is 72.0 Å². The maximum Gasteiger partial charge on any atom is 0.265 e. The van der Waals surface area contributed by atoms with Gasteiger partial charge in [0.1, 0.15) is 5.52 Å². The Morgan fingerprint density at radius 1 is 1.32 bits per heavy atom. The number of nitrogens with one attached hydrogen (secondary N) is 1. The topological polar surface area (TPSA) is 42.0 Å². The molecular formula is C12H6BrClN2OS2. The quantitative estimate of drug-likeness (QED) is 0.685. The third kappa shape index (κ3) is 2.53. The third-order valence-electron chi connectivity index (χ3n) is 2.48. The Kier molecular flexibility index (Phi) is 3.58. The van der Waals surface area contributed by atoms with Crippen LogP contribution in [-0.2, 0) is 0 Å². The lowest BCUT2D eigenvalue weighted by molar-refractivity contribution is 0.103. The molecule has 0 bridgehead atoms. The van der Waals surface area contributed by atoms with Crippen LogP contribution in [0.5, 0.6) is 0 Å². The summed E-state index contributed by atoms with van der Waals surface area (Å²) in [7, 11) is 0. The largest absolute Gasteiger partial charge is 0.320 e. The van der Waals surface area contributed by atoms with Crippen molar-refractivity contribution in [2.24, 2.45) is 0 Å². The van der Waals surface area contributed by atoms with Gasteiger partial charge in [-0.15, -0.1) is 22.7 Å². The lowest BCUT2D eigenvalue weighted by atomic mass is 10.3. The van der Waals surface area contributed by atoms with Gasteiger partial charge in [-0.1, -0.05) is 11.6 Å². The molecule has 96 valence electrons. The zero-order chi connectivity index (χ0) is 13.4. The molecule has 19 heavy (non-hydrogen) atoms. The molecule has 0 aliphatic rings. The number of aromatic nitrogens is 1. The molecular weight excluding hydrogens is 368 g/mol. The molecule has 7 heteroatoms. The molecule has 3 aromatic rings. The molecule has 2 heterocycles. The van der Waals surface area contributed by atoms with Gasteiger partial charge in [0.25, 0.3) is 5.91 Å². The highest BCUT2D eigenvalue weighted by atomic mass is 79.9. The minimum Gasteiger partial charge on any atom is -0.320 e. The van der Waals surface area contributed by atoms with Crippen LogP contribution >= 0.6 is 50.2 Å². The average Bonchev–Trinajstić information content (AvgIpc) is 3.01. The fourth-order valence-electron chi connectivity index (χ4n) is 1.64. The highest BCUT2D eigenvalue weighted by Crippen LogP contribution is 2.32. The van der Waals surface area contributed by atoms with Gasteiger partial charge < -0.3 is 5.32 Å². The molecule has 0 unspecified atom stereocenters. The fourth-order valence-corrected chi connectivity index (χ4v) is 3.96. The van der Waals surface area contributed by atoms with E-state index in [1.54, 1.807) is 23.7 Å². The first kappa shape index (κ1) is 13.1. The molecule has 0 saturated heterocycles. The van der Waals surface area contributed by atoms with E-state index in [1.807, 2.05) is 6.07 Å². The first-order valence-corrected chi connectivity index (χ1v) is 8.10. The lowest BCUT2D eigenvalue weighted by Crippen LogP contribution is -2.10. The predicted molar refractivity (Wildman–Crippen MR) is 84.6 cm³/mol. The summed E-state index contributed by atoms with van der Waals surface area (Å²) >= 11 is 12.2. The van der Waals surface area contributed by atoms with Gasteiger partial charge in [0.2, 0.25) is 0 Å². The molecule has 1 N–H and O–H groups in total. The Morgan fingerprint density at radius 2 is 2.16 bits per heavy atom. The molecule has 1 aromatic carbocycles. The normalized spacial score (nSPS) is 10.8. The Labute approximate surface area is 130 Å². The average molecular weight is 374 g/mol. The van der Waals surface area contributed by atoms with Crippen LogP contribution in [0.25, 0.3) is 10.2 Å². The summed E-state index contributed by atoms with van der Waals surface area (Å²) in [4.78, 5) is 17.0. The maximum atomic E-state index is 12.1. The van der Waals surface area contributed by atoms with Crippen molar-refractivity contribution in [2.75, 3.05) is 5.32 Å². The van der Waals surface area contributed by atoms with Crippen molar-refractivity contribution in [2.45, 2.75) is 0 Å². The summed E-state index contributed by atoms with van der Waals surface area (Å²) in [5.74, 6) is -0.132. The van der Waals surface area contributed by atoms with E-state index in [4.69, 9.17) is 11.6 Å². The van der Waals surface area contributed by atoms with Gasteiger partial charge in [-0.3, -0.25) is 4.79 Å². The summed E-state index contributed by atoms with van der Waals surface area (Å²) in [6.07, 6.45) is 0. The fraction of sp³-hybridized carbons (Fsp3) is 0. The smallest absolute Gasteiger partial charge is 0.265 e. The minimum absolute atomic E-state index is 0.132. The van der Waals surface area contributed by atoms with Crippen LogP contribution in [-0.4, -0.2) is 10.9 Å². The van der Waals surface area contributed by atoms with E-state index >= 15 is 0 Å². The standard InChI is InChI=1S/C12H6BrClN2OS2/c13-9-4-3-8(19-9)12(17)16-7-2-1-6(14)10-11(7)18-5-15-10/h1-5H,(H,16,17). The summed E-state index contributed by atoms with van der Waals surface area (Å²) < 4.78 is 1.81. The highest BCUT2D eigenvalue weighted by molar-refractivity contribution is 9.11. The van der Waals surface area contributed by atoms with Gasteiger partial charge in [0.15, 0.2) is 0 Å². The van der Waals surface area contributed by atoms with Crippen molar-refractivity contribution in [3.63, 3.8) is 0 Å². The van der Waals surface area contributed by atoms with Crippen molar-refractivity contribution in [1.82, 2.24) is 4.98 Å². The van der Waals surface area contributed by atoms with Gasteiger partial charge in [-0.05, 0) is 40.2 Å². The first-order valence-electron chi connectivity index (χ1n) is 5.23. The number of hydrogen-bond acceptors (Lipinski definition) is 4. The number of carbonyl (C=O) groups excluding carboxylic acids is 1. The van der Waals surface area contributed by atoms with E-state index in [0.717, 1.165) is 19.7 Å². The van der Waals surface area contributed by atoms with Crippen LogP contribution in [0.1, 0.15) is 9.67 Å². The van der Waals surface area contributed by atoms with E-state index in [2.05, 4.69) is 26.2 Å². The van der Waals surface area contributed by atoms with Crippen molar-refractivity contribution in [3.8, 4) is 0 Å². The van der Waals surface area contributed by atoms with Crippen LogP contribution in [0, 0.1) is 0 Å². The molecule has 3 nitrogen and oxygen atoms in total. The van der Waals surface area contributed by atoms with Crippen molar-refractivity contribution in [3.05, 3.63) is 43.5 Å². The molecule has 1 amide bonds. The van der Waals surface area contributed by atoms with E-state index in [1.165, 1.54) is 22.7 Å². The van der Waals surface area contributed by atoms with Gasteiger partial charge in [-0.2, -0.15) is 0 Å². The number of carbonyl (C=O) groups is 1. The predicted octanol–water partition coefficient (Wildman–Crippen LogP) is 5.03. The number of anilines is 1. The molecule has 0 radical (unpaired) electrons. The molecule has 3 rings (SSSR count). The minimum atomic E-state index is -0.132. The number of amides is 1. The monoisotopic (exact) mass is 372 g/mol. The van der Waals surface area contributed by atoms with Gasteiger partial charge in [0.05, 0.1) is 29.6 Å². The summed E-state index contributed by atoms with van der Waals surface area (Å²) in [5.41, 5.74) is 3.17. The SMILES string of the molecule is O=C(Nc1ccc(Cl)c2ncsc12)c1ccc(Br)s1. The van der Waals surface area contributed by atoms with Crippen molar-refractivity contribution in [1.29, 1.82) is 0 Å². The number of nitrogens with zero attached hydrogens (tertiary/aromatic N) is 1. The molecule has 0 atom stereocenters. The van der Waals surface area contributed by atoms with Crippen LogP contribution in [0.4, 0.5) is 5.69 Å². The van der Waals surface area contributed by atoms with Gasteiger partial charge >= 0.3 is 0 Å². The van der Waals surface area contributed by atoms with Crippen LogP contribution in [0.3, 0.4) is 0 Å². The second-order valence-corrected chi connectivity index (χ2v) is 7.41. The first-order chi connectivity index (χ1) is 9.15. The molecule has 0 aliphatic heterocycles. The molecule has 0 fully saturated rings. The summed E-state index contributed by atoms with van der Waals surface area (Å²) in [6.45, 7) is 0. The second kappa shape index (κ2) is 5.20. The Balaban J connectivity index is 1.95. The van der Waals surface area contributed by atoms with Crippen molar-refractivity contribution < 1.29 is 4.79 Å². The number of fused-ring (bicyclic) bond motifs is 1. The maximum absolute atomic E-state index is 12.1. The van der Waals surface area contributed by atoms with E-state index in [9.17, 15) is 4.79 Å². The number of rotatable bonds is 2. The van der Waals surface area contributed by atoms with Gasteiger partial charge in [0, 0.05) is 0 Å². The number of thiazole rings is 1. The van der Waals surface area contributed by atoms with Gasteiger partial charge in [-0.25, -0.2) is 4.98 Å². The molecule has 0 spiro atoms. The zero-order valence-corrected chi connectivity index (χ0v) is 13.3. The lowest BCUT2D eigenvalue weighted by Gasteiger charge is -2.05. The van der Waals surface area contributed by atoms with E-state index < -0.39 is 0 Å². The van der Waals surface area contributed by atoms with E-state index in [0.29, 0.717) is 9.90 Å². The second-order valence-electron chi connectivity index (χ2n) is 3.68. The highest BCUT2D eigenvalue weighted by Gasteiger charge is 2.13. The van der Waals surface area contributed by atoms with Crippen LogP contribution < -0.4 is 5.32 Å². The molecule has 0 aliphatic carbocycles. The Morgan fingerprint density at radius 3 is 2.89 bits per heavy atom. The number of thiophene rings is 1.